The van der Waals surface area contributed by atoms with Crippen molar-refractivity contribution in [1.29, 1.82) is 0 Å². The Hall–Kier alpha value is -2.33. The lowest BCUT2D eigenvalue weighted by atomic mass is 9.82. The first-order valence-corrected chi connectivity index (χ1v) is 9.45. The molecule has 1 unspecified atom stereocenters. The Morgan fingerprint density at radius 1 is 1.12 bits per heavy atom. The molecule has 0 saturated carbocycles. The van der Waals surface area contributed by atoms with Crippen molar-refractivity contribution in [2.45, 2.75) is 26.2 Å². The number of para-hydroxylation sites is 1. The normalized spacial score (nSPS) is 22.6. The number of hydrogen-bond acceptors (Lipinski definition) is 3. The molecular formula is C22H26N2O2. The van der Waals surface area contributed by atoms with Crippen LogP contribution in [0.2, 0.25) is 0 Å². The van der Waals surface area contributed by atoms with E-state index in [0.717, 1.165) is 56.1 Å². The highest BCUT2D eigenvalue weighted by Gasteiger charge is 2.41. The molecular weight excluding hydrogens is 324 g/mol. The number of carbonyl (C=O) groups is 1. The second kappa shape index (κ2) is 7.12. The first-order chi connectivity index (χ1) is 12.7. The maximum atomic E-state index is 13.2. The van der Waals surface area contributed by atoms with E-state index in [9.17, 15) is 4.79 Å². The second-order valence-corrected chi connectivity index (χ2v) is 7.67. The number of anilines is 2. The lowest BCUT2D eigenvalue weighted by Gasteiger charge is -2.33. The van der Waals surface area contributed by atoms with Gasteiger partial charge in [-0.05, 0) is 50.5 Å². The summed E-state index contributed by atoms with van der Waals surface area (Å²) in [6.07, 6.45) is 3.32. The topological polar surface area (TPSA) is 41.6 Å². The lowest BCUT2D eigenvalue weighted by molar-refractivity contribution is -0.00159. The fourth-order valence-corrected chi connectivity index (χ4v) is 4.08. The second-order valence-electron chi connectivity index (χ2n) is 7.67. The maximum Gasteiger partial charge on any atom is 0.255 e. The number of nitrogens with zero attached hydrogens (tertiary/aromatic N) is 1. The first kappa shape index (κ1) is 17.1. The van der Waals surface area contributed by atoms with Gasteiger partial charge in [-0.15, -0.1) is 0 Å². The molecule has 1 atom stereocenters. The molecule has 2 aliphatic rings. The number of rotatable bonds is 3. The molecule has 1 spiro atoms. The molecule has 2 fully saturated rings. The average Bonchev–Trinajstić information content (AvgIpc) is 3.07. The average molecular weight is 350 g/mol. The first-order valence-electron chi connectivity index (χ1n) is 9.45. The minimum Gasteiger partial charge on any atom is -0.381 e. The molecule has 2 heterocycles. The van der Waals surface area contributed by atoms with E-state index in [0.29, 0.717) is 0 Å². The molecule has 4 nitrogen and oxygen atoms in total. The highest BCUT2D eigenvalue weighted by molar-refractivity contribution is 6.00. The zero-order valence-corrected chi connectivity index (χ0v) is 15.3. The van der Waals surface area contributed by atoms with Gasteiger partial charge < -0.3 is 15.0 Å². The fraction of sp³-hybridized carbons (Fsp3) is 0.409. The molecule has 2 aromatic rings. The predicted octanol–water partition coefficient (Wildman–Crippen LogP) is 4.38. The van der Waals surface area contributed by atoms with Crippen LogP contribution < -0.4 is 5.32 Å². The highest BCUT2D eigenvalue weighted by atomic mass is 16.5. The van der Waals surface area contributed by atoms with Gasteiger partial charge in [0, 0.05) is 30.8 Å². The Kier molecular flexibility index (Phi) is 4.68. The lowest BCUT2D eigenvalue weighted by Crippen LogP contribution is -2.37. The van der Waals surface area contributed by atoms with Crippen molar-refractivity contribution in [1.82, 2.24) is 4.90 Å². The van der Waals surface area contributed by atoms with E-state index in [-0.39, 0.29) is 11.3 Å². The Morgan fingerprint density at radius 2 is 1.92 bits per heavy atom. The van der Waals surface area contributed by atoms with Gasteiger partial charge in [-0.3, -0.25) is 4.79 Å². The molecule has 2 saturated heterocycles. The van der Waals surface area contributed by atoms with E-state index in [4.69, 9.17) is 4.74 Å². The molecule has 0 radical (unpaired) electrons. The number of carbonyl (C=O) groups excluding carboxylic acids is 1. The van der Waals surface area contributed by atoms with Crippen LogP contribution in [-0.2, 0) is 4.74 Å². The number of likely N-dealkylation sites (tertiary alicyclic amines) is 1. The summed E-state index contributed by atoms with van der Waals surface area (Å²) < 4.78 is 5.70. The number of ether oxygens (including phenoxy) is 1. The zero-order valence-electron chi connectivity index (χ0n) is 15.3. The molecule has 0 aliphatic carbocycles. The third-order valence-corrected chi connectivity index (χ3v) is 5.62. The third kappa shape index (κ3) is 3.47. The summed E-state index contributed by atoms with van der Waals surface area (Å²) in [6, 6.07) is 16.0. The van der Waals surface area contributed by atoms with E-state index < -0.39 is 0 Å². The molecule has 136 valence electrons. The van der Waals surface area contributed by atoms with Gasteiger partial charge in [-0.25, -0.2) is 0 Å². The quantitative estimate of drug-likeness (QED) is 0.893. The minimum absolute atomic E-state index is 0.114. The Labute approximate surface area is 155 Å². The van der Waals surface area contributed by atoms with Gasteiger partial charge in [0.15, 0.2) is 0 Å². The van der Waals surface area contributed by atoms with E-state index in [2.05, 4.69) is 24.4 Å². The molecule has 4 rings (SSSR count). The largest absolute Gasteiger partial charge is 0.381 e. The van der Waals surface area contributed by atoms with Crippen molar-refractivity contribution in [2.75, 3.05) is 31.6 Å². The number of benzene rings is 2. The standard InChI is InChI=1S/C22H26N2O2/c1-17-7-9-18(10-8-17)23-20-6-3-2-5-19(20)21(25)24-13-12-22(15-24)11-4-14-26-16-22/h2-3,5-10,23H,4,11-16H2,1H3. The summed E-state index contributed by atoms with van der Waals surface area (Å²) in [7, 11) is 0. The summed E-state index contributed by atoms with van der Waals surface area (Å²) in [4.78, 5) is 15.2. The number of amides is 1. The molecule has 2 aliphatic heterocycles. The maximum absolute atomic E-state index is 13.2. The van der Waals surface area contributed by atoms with Crippen LogP contribution in [0.25, 0.3) is 0 Å². The monoisotopic (exact) mass is 350 g/mol. The highest BCUT2D eigenvalue weighted by Crippen LogP contribution is 2.39. The third-order valence-electron chi connectivity index (χ3n) is 5.62. The molecule has 4 heteroatoms. The molecule has 0 bridgehead atoms. The Bertz CT molecular complexity index is 779. The smallest absolute Gasteiger partial charge is 0.255 e. The summed E-state index contributed by atoms with van der Waals surface area (Å²) in [5.41, 5.74) is 3.99. The SMILES string of the molecule is Cc1ccc(Nc2ccccc2C(=O)N2CCC3(CCCOC3)C2)cc1. The van der Waals surface area contributed by atoms with Crippen LogP contribution in [0.1, 0.15) is 35.2 Å². The van der Waals surface area contributed by atoms with Gasteiger partial charge in [0.2, 0.25) is 0 Å². The van der Waals surface area contributed by atoms with E-state index in [1.807, 2.05) is 41.3 Å². The molecule has 2 aromatic carbocycles. The zero-order chi connectivity index (χ0) is 18.0. The van der Waals surface area contributed by atoms with Crippen molar-refractivity contribution in [3.8, 4) is 0 Å². The van der Waals surface area contributed by atoms with Crippen LogP contribution in [0, 0.1) is 12.3 Å². The number of hydrogen-bond donors (Lipinski definition) is 1. The van der Waals surface area contributed by atoms with Gasteiger partial charge in [-0.2, -0.15) is 0 Å². The molecule has 26 heavy (non-hydrogen) atoms. The summed E-state index contributed by atoms with van der Waals surface area (Å²) in [5.74, 6) is 0.114. The van der Waals surface area contributed by atoms with Gasteiger partial charge >= 0.3 is 0 Å². The van der Waals surface area contributed by atoms with Crippen LogP contribution in [0.3, 0.4) is 0 Å². The molecule has 1 N–H and O–H groups in total. The number of nitrogens with one attached hydrogen (secondary N) is 1. The van der Waals surface area contributed by atoms with Crippen LogP contribution in [0.15, 0.2) is 48.5 Å². The fourth-order valence-electron chi connectivity index (χ4n) is 4.08. The van der Waals surface area contributed by atoms with Crippen LogP contribution >= 0.6 is 0 Å². The van der Waals surface area contributed by atoms with Crippen molar-refractivity contribution in [2.24, 2.45) is 5.41 Å². The van der Waals surface area contributed by atoms with E-state index in [1.54, 1.807) is 0 Å². The van der Waals surface area contributed by atoms with Gasteiger partial charge in [0.25, 0.3) is 5.91 Å². The van der Waals surface area contributed by atoms with Crippen LogP contribution in [0.4, 0.5) is 11.4 Å². The van der Waals surface area contributed by atoms with E-state index in [1.165, 1.54) is 12.0 Å². The Balaban J connectivity index is 1.52. The van der Waals surface area contributed by atoms with Crippen LogP contribution in [-0.4, -0.2) is 37.1 Å². The molecule has 1 amide bonds. The molecule has 0 aromatic heterocycles. The Morgan fingerprint density at radius 3 is 2.69 bits per heavy atom. The number of aryl methyl sites for hydroxylation is 1. The van der Waals surface area contributed by atoms with Crippen molar-refractivity contribution >= 4 is 17.3 Å². The van der Waals surface area contributed by atoms with Crippen LogP contribution in [0.5, 0.6) is 0 Å². The van der Waals surface area contributed by atoms with E-state index >= 15 is 0 Å². The van der Waals surface area contributed by atoms with Gasteiger partial charge in [0.1, 0.15) is 0 Å². The summed E-state index contributed by atoms with van der Waals surface area (Å²) >= 11 is 0. The summed E-state index contributed by atoms with van der Waals surface area (Å²) in [5, 5.41) is 3.40. The van der Waals surface area contributed by atoms with Crippen molar-refractivity contribution < 1.29 is 9.53 Å². The van der Waals surface area contributed by atoms with Gasteiger partial charge in [0.05, 0.1) is 17.9 Å². The van der Waals surface area contributed by atoms with Crippen molar-refractivity contribution in [3.63, 3.8) is 0 Å². The summed E-state index contributed by atoms with van der Waals surface area (Å²) in [6.45, 7) is 5.35. The predicted molar refractivity (Wildman–Crippen MR) is 104 cm³/mol. The van der Waals surface area contributed by atoms with Crippen molar-refractivity contribution in [3.05, 3.63) is 59.7 Å². The minimum atomic E-state index is 0.114. The van der Waals surface area contributed by atoms with Gasteiger partial charge in [-0.1, -0.05) is 29.8 Å².